The van der Waals surface area contributed by atoms with Gasteiger partial charge in [0.05, 0.1) is 0 Å². The minimum absolute atomic E-state index is 0.176. The summed E-state index contributed by atoms with van der Waals surface area (Å²) in [4.78, 5) is 0. The number of benzene rings is 1. The lowest BCUT2D eigenvalue weighted by Crippen LogP contribution is -2.37. The third-order valence-electron chi connectivity index (χ3n) is 1.95. The molecule has 1 heteroatoms. The van der Waals surface area contributed by atoms with Crippen LogP contribution in [-0.2, 0) is 0 Å². The average molecular weight is 207 g/mol. The van der Waals surface area contributed by atoms with Crippen molar-refractivity contribution in [2.24, 2.45) is 0 Å². The van der Waals surface area contributed by atoms with E-state index in [0.717, 1.165) is 0 Å². The molecule has 0 saturated carbocycles. The molecule has 0 aromatic heterocycles. The van der Waals surface area contributed by atoms with Crippen molar-refractivity contribution in [2.45, 2.75) is 53.1 Å². The minimum Gasteiger partial charge on any atom is -0.306 e. The summed E-state index contributed by atoms with van der Waals surface area (Å²) >= 11 is 0. The van der Waals surface area contributed by atoms with Crippen molar-refractivity contribution in [1.29, 1.82) is 0 Å². The van der Waals surface area contributed by atoms with Gasteiger partial charge in [-0.2, -0.15) is 0 Å². The highest BCUT2D eigenvalue weighted by Crippen LogP contribution is 2.15. The Balaban J connectivity index is 0.000000921. The van der Waals surface area contributed by atoms with Gasteiger partial charge >= 0.3 is 0 Å². The Bertz CT molecular complexity index is 246. The molecule has 0 radical (unpaired) electrons. The van der Waals surface area contributed by atoms with Crippen LogP contribution in [0.3, 0.4) is 0 Å². The molecule has 1 N–H and O–H groups in total. The third kappa shape index (κ3) is 6.29. The average Bonchev–Trinajstić information content (AvgIpc) is 2.20. The Kier molecular flexibility index (Phi) is 6.26. The summed E-state index contributed by atoms with van der Waals surface area (Å²) in [5.41, 5.74) is 1.52. The SMILES string of the molecule is CC.C[C@H](NC(C)(C)C)c1ccccc1. The highest BCUT2D eigenvalue weighted by molar-refractivity contribution is 5.18. The van der Waals surface area contributed by atoms with E-state index < -0.39 is 0 Å². The molecule has 0 aliphatic heterocycles. The van der Waals surface area contributed by atoms with Crippen LogP contribution in [0.2, 0.25) is 0 Å². The van der Waals surface area contributed by atoms with Crippen LogP contribution >= 0.6 is 0 Å². The molecule has 0 unspecified atom stereocenters. The van der Waals surface area contributed by atoms with Crippen LogP contribution in [0.25, 0.3) is 0 Å². The van der Waals surface area contributed by atoms with E-state index in [9.17, 15) is 0 Å². The molecule has 1 nitrogen and oxygen atoms in total. The van der Waals surface area contributed by atoms with E-state index in [1.165, 1.54) is 5.56 Å². The van der Waals surface area contributed by atoms with Gasteiger partial charge in [0.25, 0.3) is 0 Å². The summed E-state index contributed by atoms with van der Waals surface area (Å²) in [5, 5.41) is 3.54. The van der Waals surface area contributed by atoms with Gasteiger partial charge in [0.1, 0.15) is 0 Å². The summed E-state index contributed by atoms with van der Waals surface area (Å²) < 4.78 is 0. The Morgan fingerprint density at radius 1 is 1.00 bits per heavy atom. The van der Waals surface area contributed by atoms with E-state index in [1.54, 1.807) is 0 Å². The molecule has 1 aromatic rings. The molecule has 1 atom stereocenters. The summed E-state index contributed by atoms with van der Waals surface area (Å²) in [6.07, 6.45) is 0. The third-order valence-corrected chi connectivity index (χ3v) is 1.95. The molecule has 0 amide bonds. The topological polar surface area (TPSA) is 12.0 Å². The second-order valence-electron chi connectivity index (χ2n) is 4.53. The van der Waals surface area contributed by atoms with E-state index in [1.807, 2.05) is 19.9 Å². The minimum atomic E-state index is 0.176. The molecule has 1 aromatic carbocycles. The van der Waals surface area contributed by atoms with Crippen LogP contribution in [0.1, 0.15) is 53.1 Å². The lowest BCUT2D eigenvalue weighted by Gasteiger charge is -2.26. The number of hydrogen-bond donors (Lipinski definition) is 1. The second kappa shape index (κ2) is 6.62. The molecule has 0 aliphatic rings. The van der Waals surface area contributed by atoms with Gasteiger partial charge in [-0.15, -0.1) is 0 Å². The van der Waals surface area contributed by atoms with Crippen LogP contribution in [0.4, 0.5) is 0 Å². The maximum atomic E-state index is 3.54. The molecule has 0 bridgehead atoms. The maximum absolute atomic E-state index is 3.54. The van der Waals surface area contributed by atoms with Crippen LogP contribution in [0.5, 0.6) is 0 Å². The largest absolute Gasteiger partial charge is 0.306 e. The normalized spacial score (nSPS) is 12.7. The molecule has 15 heavy (non-hydrogen) atoms. The van der Waals surface area contributed by atoms with E-state index in [0.29, 0.717) is 6.04 Å². The Morgan fingerprint density at radius 2 is 1.47 bits per heavy atom. The first-order valence-electron chi connectivity index (χ1n) is 5.82. The van der Waals surface area contributed by atoms with Crippen molar-refractivity contribution in [2.75, 3.05) is 0 Å². The first kappa shape index (κ1) is 14.2. The standard InChI is InChI=1S/C12H19N.C2H6/c1-10(13-12(2,3)4)11-8-6-5-7-9-11;1-2/h5-10,13H,1-4H3;1-2H3/t10-;/m0./s1. The van der Waals surface area contributed by atoms with Gasteiger partial charge in [0, 0.05) is 11.6 Å². The van der Waals surface area contributed by atoms with E-state index in [2.05, 4.69) is 57.3 Å². The van der Waals surface area contributed by atoms with Gasteiger partial charge in [-0.25, -0.2) is 0 Å². The Morgan fingerprint density at radius 3 is 1.87 bits per heavy atom. The lowest BCUT2D eigenvalue weighted by atomic mass is 10.0. The molecule has 0 aliphatic carbocycles. The summed E-state index contributed by atoms with van der Waals surface area (Å²) in [6.45, 7) is 12.8. The second-order valence-corrected chi connectivity index (χ2v) is 4.53. The predicted molar refractivity (Wildman–Crippen MR) is 69.1 cm³/mol. The van der Waals surface area contributed by atoms with Gasteiger partial charge in [0.2, 0.25) is 0 Å². The van der Waals surface area contributed by atoms with Crippen LogP contribution in [0.15, 0.2) is 30.3 Å². The fraction of sp³-hybridized carbons (Fsp3) is 0.571. The van der Waals surface area contributed by atoms with Crippen molar-refractivity contribution in [1.82, 2.24) is 5.32 Å². The highest BCUT2D eigenvalue weighted by atomic mass is 15.0. The van der Waals surface area contributed by atoms with E-state index in [4.69, 9.17) is 0 Å². The molecule has 1 rings (SSSR count). The zero-order valence-corrected chi connectivity index (χ0v) is 11.0. The smallest absolute Gasteiger partial charge is 0.0296 e. The van der Waals surface area contributed by atoms with Crippen LogP contribution < -0.4 is 5.32 Å². The fourth-order valence-electron chi connectivity index (χ4n) is 1.47. The quantitative estimate of drug-likeness (QED) is 0.767. The van der Waals surface area contributed by atoms with Crippen LogP contribution in [-0.4, -0.2) is 5.54 Å². The molecule has 86 valence electrons. The van der Waals surface area contributed by atoms with Crippen molar-refractivity contribution in [3.8, 4) is 0 Å². The first-order chi connectivity index (χ1) is 6.99. The van der Waals surface area contributed by atoms with Crippen molar-refractivity contribution in [3.63, 3.8) is 0 Å². The van der Waals surface area contributed by atoms with Crippen molar-refractivity contribution in [3.05, 3.63) is 35.9 Å². The van der Waals surface area contributed by atoms with E-state index in [-0.39, 0.29) is 5.54 Å². The molecule has 0 heterocycles. The van der Waals surface area contributed by atoms with E-state index >= 15 is 0 Å². The molecule has 0 fully saturated rings. The lowest BCUT2D eigenvalue weighted by molar-refractivity contribution is 0.378. The van der Waals surface area contributed by atoms with Crippen molar-refractivity contribution < 1.29 is 0 Å². The highest BCUT2D eigenvalue weighted by Gasteiger charge is 2.13. The Labute approximate surface area is 94.9 Å². The zero-order chi connectivity index (χ0) is 11.9. The molecular weight excluding hydrogens is 182 g/mol. The van der Waals surface area contributed by atoms with Crippen LogP contribution in [0, 0.1) is 0 Å². The monoisotopic (exact) mass is 207 g/mol. The Hall–Kier alpha value is -0.820. The number of nitrogens with one attached hydrogen (secondary N) is 1. The fourth-order valence-corrected chi connectivity index (χ4v) is 1.47. The molecular formula is C14H25N. The zero-order valence-electron chi connectivity index (χ0n) is 11.0. The van der Waals surface area contributed by atoms with Gasteiger partial charge in [-0.05, 0) is 33.3 Å². The first-order valence-corrected chi connectivity index (χ1v) is 5.82. The van der Waals surface area contributed by atoms with Gasteiger partial charge in [-0.1, -0.05) is 44.2 Å². The van der Waals surface area contributed by atoms with Gasteiger partial charge in [-0.3, -0.25) is 0 Å². The summed E-state index contributed by atoms with van der Waals surface area (Å²) in [6, 6.07) is 10.9. The number of hydrogen-bond acceptors (Lipinski definition) is 1. The maximum Gasteiger partial charge on any atom is 0.0296 e. The number of rotatable bonds is 2. The summed E-state index contributed by atoms with van der Waals surface area (Å²) in [7, 11) is 0. The predicted octanol–water partition coefficient (Wildman–Crippen LogP) is 4.16. The summed E-state index contributed by atoms with van der Waals surface area (Å²) in [5.74, 6) is 0. The molecule has 0 spiro atoms. The molecule has 0 saturated heterocycles. The van der Waals surface area contributed by atoms with Crippen molar-refractivity contribution >= 4 is 0 Å². The van der Waals surface area contributed by atoms with Gasteiger partial charge in [0.15, 0.2) is 0 Å². The van der Waals surface area contributed by atoms with Gasteiger partial charge < -0.3 is 5.32 Å².